The van der Waals surface area contributed by atoms with Gasteiger partial charge in [-0.2, -0.15) is 0 Å². The Morgan fingerprint density at radius 3 is 1.12 bits per heavy atom. The summed E-state index contributed by atoms with van der Waals surface area (Å²) in [6.45, 7) is 3.50. The highest BCUT2D eigenvalue weighted by Crippen LogP contribution is 2.24. The Labute approximate surface area is 462 Å². The van der Waals surface area contributed by atoms with Crippen LogP contribution in [-0.4, -0.2) is 110 Å². The third-order valence-corrected chi connectivity index (χ3v) is 16.1. The molecule has 0 aromatic heterocycles. The quantitative estimate of drug-likeness (QED) is 0.0215. The number of hydrogen-bond acceptors (Lipinski definition) is 10. The number of aliphatic hydroxyl groups excluding tert-OH is 7. The van der Waals surface area contributed by atoms with E-state index in [1.54, 1.807) is 0 Å². The van der Waals surface area contributed by atoms with Crippen LogP contribution >= 0.6 is 0 Å². The van der Waals surface area contributed by atoms with Crippen molar-refractivity contribution in [2.24, 2.45) is 0 Å². The maximum atomic E-state index is 13.2. The molecule has 1 fully saturated rings. The maximum absolute atomic E-state index is 13.2. The zero-order valence-electron chi connectivity index (χ0n) is 49.1. The van der Waals surface area contributed by atoms with Crippen molar-refractivity contribution in [2.45, 2.75) is 377 Å². The van der Waals surface area contributed by atoms with Crippen molar-refractivity contribution in [2.75, 3.05) is 13.2 Å². The predicted molar refractivity (Wildman–Crippen MR) is 312 cm³/mol. The predicted octanol–water partition coefficient (Wildman–Crippen LogP) is 14.7. The van der Waals surface area contributed by atoms with Gasteiger partial charge < -0.3 is 50.5 Å². The van der Waals surface area contributed by atoms with Crippen molar-refractivity contribution in [1.82, 2.24) is 5.32 Å². The molecule has 0 saturated carbocycles. The minimum atomic E-state index is -1.66. The standard InChI is InChI=1S/C64H125NO10/c1-3-5-7-9-11-13-15-17-19-21-23-24-25-26-27-28-29-30-31-32-34-35-37-39-41-43-45-47-49-51-56(67)59(69)55(54-74-64-62(72)61(71)60(70)58(53-66)75-64)65-63(73)57(68)52-50-48-46-44-42-40-38-36-33-22-20-18-16-14-12-10-8-6-4-2/h33,36,55-62,64,66-72H,3-32,34-35,37-54H2,1-2H3,(H,65,73)/b36-33-. The SMILES string of the molecule is CCCCCCCCCCC/C=C\CCCCCCCCC(O)C(=O)NC(COC1OC(CO)C(O)C(O)C1O)C(O)C(O)CCCCCCCCCCCCCCCCCCCCCCCCCCCCCCC. The fourth-order valence-corrected chi connectivity index (χ4v) is 10.8. The molecule has 0 bridgehead atoms. The Morgan fingerprint density at radius 1 is 0.453 bits per heavy atom. The minimum absolute atomic E-state index is 0.256. The van der Waals surface area contributed by atoms with E-state index in [1.165, 1.54) is 231 Å². The number of aliphatic hydroxyl groups is 7. The molecule has 11 heteroatoms. The van der Waals surface area contributed by atoms with Gasteiger partial charge in [-0.3, -0.25) is 4.79 Å². The second kappa shape index (κ2) is 53.5. The molecular weight excluding hydrogens is 943 g/mol. The van der Waals surface area contributed by atoms with Crippen LogP contribution in [0.15, 0.2) is 12.2 Å². The molecule has 1 rings (SSSR count). The number of amides is 1. The highest BCUT2D eigenvalue weighted by Gasteiger charge is 2.44. The topological polar surface area (TPSA) is 189 Å². The van der Waals surface area contributed by atoms with Gasteiger partial charge in [-0.25, -0.2) is 0 Å². The summed E-state index contributed by atoms with van der Waals surface area (Å²) in [4.78, 5) is 13.2. The van der Waals surface area contributed by atoms with Gasteiger partial charge >= 0.3 is 0 Å². The fourth-order valence-electron chi connectivity index (χ4n) is 10.8. The van der Waals surface area contributed by atoms with E-state index in [4.69, 9.17) is 9.47 Å². The fraction of sp³-hybridized carbons (Fsp3) is 0.953. The van der Waals surface area contributed by atoms with Crippen molar-refractivity contribution in [3.63, 3.8) is 0 Å². The molecule has 1 aliphatic heterocycles. The Bertz CT molecular complexity index is 1220. The summed E-state index contributed by atoms with van der Waals surface area (Å²) < 4.78 is 11.2. The van der Waals surface area contributed by atoms with Crippen molar-refractivity contribution < 1.29 is 50.0 Å². The van der Waals surface area contributed by atoms with Crippen molar-refractivity contribution in [3.05, 3.63) is 12.2 Å². The molecule has 11 nitrogen and oxygen atoms in total. The van der Waals surface area contributed by atoms with Gasteiger partial charge in [-0.1, -0.05) is 296 Å². The average Bonchev–Trinajstić information content (AvgIpc) is 3.41. The lowest BCUT2D eigenvalue weighted by atomic mass is 9.98. The van der Waals surface area contributed by atoms with E-state index in [-0.39, 0.29) is 6.42 Å². The average molecular weight is 1070 g/mol. The molecule has 1 amide bonds. The Hall–Kier alpha value is -1.15. The summed E-state index contributed by atoms with van der Waals surface area (Å²) in [6, 6.07) is -1.17. The van der Waals surface area contributed by atoms with E-state index in [2.05, 4.69) is 31.3 Å². The number of rotatable bonds is 57. The van der Waals surface area contributed by atoms with Crippen LogP contribution in [0.2, 0.25) is 0 Å². The summed E-state index contributed by atoms with van der Waals surface area (Å²) in [6.07, 6.45) is 52.8. The second-order valence-electron chi connectivity index (χ2n) is 23.2. The van der Waals surface area contributed by atoms with Crippen LogP contribution < -0.4 is 5.32 Å². The van der Waals surface area contributed by atoms with Crippen molar-refractivity contribution in [1.29, 1.82) is 0 Å². The molecule has 75 heavy (non-hydrogen) atoms. The first-order valence-electron chi connectivity index (χ1n) is 32.6. The largest absolute Gasteiger partial charge is 0.394 e. The van der Waals surface area contributed by atoms with E-state index in [0.29, 0.717) is 19.3 Å². The first-order chi connectivity index (χ1) is 36.7. The summed E-state index contributed by atoms with van der Waals surface area (Å²) in [5, 5.41) is 76.4. The molecule has 0 aliphatic carbocycles. The highest BCUT2D eigenvalue weighted by molar-refractivity contribution is 5.80. The van der Waals surface area contributed by atoms with E-state index in [1.807, 2.05) is 0 Å². The molecule has 0 radical (unpaired) electrons. The molecule has 1 saturated heterocycles. The Balaban J connectivity index is 2.22. The lowest BCUT2D eigenvalue weighted by Crippen LogP contribution is -2.60. The zero-order valence-corrected chi connectivity index (χ0v) is 49.1. The number of allylic oxidation sites excluding steroid dienone is 2. The molecule has 8 N–H and O–H groups in total. The number of nitrogens with one attached hydrogen (secondary N) is 1. The van der Waals surface area contributed by atoms with E-state index in [0.717, 1.165) is 51.4 Å². The number of unbranched alkanes of at least 4 members (excludes halogenated alkanes) is 43. The molecule has 0 spiro atoms. The molecule has 446 valence electrons. The van der Waals surface area contributed by atoms with Crippen LogP contribution in [0.4, 0.5) is 0 Å². The Kier molecular flexibility index (Phi) is 51.3. The molecule has 9 atom stereocenters. The van der Waals surface area contributed by atoms with Crippen LogP contribution in [0.5, 0.6) is 0 Å². The lowest BCUT2D eigenvalue weighted by molar-refractivity contribution is -0.303. The van der Waals surface area contributed by atoms with Crippen molar-refractivity contribution in [3.8, 4) is 0 Å². The molecule has 9 unspecified atom stereocenters. The van der Waals surface area contributed by atoms with Gasteiger partial charge in [0.15, 0.2) is 6.29 Å². The molecule has 0 aromatic rings. The third kappa shape index (κ3) is 41.5. The first kappa shape index (κ1) is 71.9. The van der Waals surface area contributed by atoms with Gasteiger partial charge in [0.1, 0.15) is 36.6 Å². The van der Waals surface area contributed by atoms with Crippen LogP contribution in [-0.2, 0) is 14.3 Å². The van der Waals surface area contributed by atoms with Crippen LogP contribution in [0.25, 0.3) is 0 Å². The molecular formula is C64H125NO10. The monoisotopic (exact) mass is 1070 g/mol. The van der Waals surface area contributed by atoms with E-state index < -0.39 is 74.2 Å². The van der Waals surface area contributed by atoms with Crippen LogP contribution in [0, 0.1) is 0 Å². The Morgan fingerprint density at radius 2 is 0.773 bits per heavy atom. The summed E-state index contributed by atoms with van der Waals surface area (Å²) in [7, 11) is 0. The number of ether oxygens (including phenoxy) is 2. The van der Waals surface area contributed by atoms with Gasteiger partial charge in [-0.05, 0) is 38.5 Å². The normalized spacial score (nSPS) is 19.7. The van der Waals surface area contributed by atoms with Gasteiger partial charge in [-0.15, -0.1) is 0 Å². The van der Waals surface area contributed by atoms with E-state index in [9.17, 15) is 40.5 Å². The lowest BCUT2D eigenvalue weighted by Gasteiger charge is -2.40. The van der Waals surface area contributed by atoms with Crippen molar-refractivity contribution >= 4 is 5.91 Å². The van der Waals surface area contributed by atoms with Crippen LogP contribution in [0.1, 0.15) is 322 Å². The number of carbonyl (C=O) groups excluding carboxylic acids is 1. The smallest absolute Gasteiger partial charge is 0.249 e. The summed E-state index contributed by atoms with van der Waals surface area (Å²) in [5.41, 5.74) is 0. The first-order valence-corrected chi connectivity index (χ1v) is 32.6. The van der Waals surface area contributed by atoms with Gasteiger partial charge in [0, 0.05) is 0 Å². The van der Waals surface area contributed by atoms with Gasteiger partial charge in [0.05, 0.1) is 25.4 Å². The second-order valence-corrected chi connectivity index (χ2v) is 23.2. The number of hydrogen-bond donors (Lipinski definition) is 8. The van der Waals surface area contributed by atoms with E-state index >= 15 is 0 Å². The zero-order chi connectivity index (χ0) is 54.7. The minimum Gasteiger partial charge on any atom is -0.394 e. The summed E-state index contributed by atoms with van der Waals surface area (Å²) >= 11 is 0. The molecule has 1 heterocycles. The molecule has 1 aliphatic rings. The van der Waals surface area contributed by atoms with Gasteiger partial charge in [0.25, 0.3) is 0 Å². The molecule has 0 aromatic carbocycles. The number of carbonyl (C=O) groups is 1. The third-order valence-electron chi connectivity index (χ3n) is 16.1. The van der Waals surface area contributed by atoms with Gasteiger partial charge in [0.2, 0.25) is 5.91 Å². The maximum Gasteiger partial charge on any atom is 0.249 e. The summed E-state index contributed by atoms with van der Waals surface area (Å²) in [5.74, 6) is -0.696. The van der Waals surface area contributed by atoms with Crippen LogP contribution in [0.3, 0.4) is 0 Å². The highest BCUT2D eigenvalue weighted by atomic mass is 16.7.